The molecule has 0 aliphatic carbocycles. The van der Waals surface area contributed by atoms with Gasteiger partial charge in [-0.05, 0) is 47.7 Å². The number of nitro groups is 1. The van der Waals surface area contributed by atoms with E-state index in [1.165, 1.54) is 6.07 Å². The van der Waals surface area contributed by atoms with E-state index in [1.54, 1.807) is 6.07 Å². The maximum atomic E-state index is 13.8. The van der Waals surface area contributed by atoms with E-state index in [9.17, 15) is 14.9 Å². The van der Waals surface area contributed by atoms with Crippen LogP contribution in [-0.2, 0) is 11.2 Å². The summed E-state index contributed by atoms with van der Waals surface area (Å²) in [4.78, 5) is 27.2. The molecular formula is C26H25N3O5. The highest BCUT2D eigenvalue weighted by atomic mass is 16.7. The van der Waals surface area contributed by atoms with Crippen molar-refractivity contribution in [2.45, 2.75) is 32.2 Å². The molecule has 3 aromatic rings. The van der Waals surface area contributed by atoms with E-state index < -0.39 is 11.0 Å². The Balaban J connectivity index is 1.58. The highest BCUT2D eigenvalue weighted by Gasteiger charge is 2.38. The number of fused-ring (bicyclic) bond motifs is 2. The van der Waals surface area contributed by atoms with Crippen LogP contribution in [0.25, 0.3) is 0 Å². The molecule has 0 aromatic heterocycles. The Morgan fingerprint density at radius 3 is 2.47 bits per heavy atom. The molecule has 34 heavy (non-hydrogen) atoms. The van der Waals surface area contributed by atoms with Gasteiger partial charge in [-0.2, -0.15) is 0 Å². The van der Waals surface area contributed by atoms with Crippen molar-refractivity contribution in [1.29, 1.82) is 0 Å². The molecule has 0 radical (unpaired) electrons. The minimum atomic E-state index is -0.927. The van der Waals surface area contributed by atoms with Crippen molar-refractivity contribution in [3.05, 3.63) is 87.5 Å². The molecule has 0 unspecified atom stereocenters. The topological polar surface area (TPSA) is 93.9 Å². The van der Waals surface area contributed by atoms with Crippen LogP contribution >= 0.6 is 0 Å². The molecule has 0 bridgehead atoms. The van der Waals surface area contributed by atoms with Gasteiger partial charge in [0.15, 0.2) is 11.5 Å². The van der Waals surface area contributed by atoms with Gasteiger partial charge in [0, 0.05) is 17.9 Å². The third-order valence-electron chi connectivity index (χ3n) is 6.34. The van der Waals surface area contributed by atoms with Crippen molar-refractivity contribution in [1.82, 2.24) is 0 Å². The number of anilines is 2. The fourth-order valence-electron chi connectivity index (χ4n) is 4.57. The summed E-state index contributed by atoms with van der Waals surface area (Å²) in [6.07, 6.45) is 0.751. The monoisotopic (exact) mass is 459 g/mol. The van der Waals surface area contributed by atoms with Crippen LogP contribution in [-0.4, -0.2) is 24.2 Å². The molecule has 0 spiro atoms. The van der Waals surface area contributed by atoms with Crippen molar-refractivity contribution in [2.24, 2.45) is 0 Å². The van der Waals surface area contributed by atoms with Crippen LogP contribution in [0.2, 0.25) is 0 Å². The third-order valence-corrected chi connectivity index (χ3v) is 6.34. The van der Waals surface area contributed by atoms with Crippen molar-refractivity contribution >= 4 is 23.0 Å². The summed E-state index contributed by atoms with van der Waals surface area (Å²) in [6.45, 7) is 4.76. The van der Waals surface area contributed by atoms with Crippen LogP contribution in [0.5, 0.6) is 11.5 Å². The molecule has 1 atom stereocenters. The average Bonchev–Trinajstić information content (AvgIpc) is 3.46. The second kappa shape index (κ2) is 8.70. The molecule has 3 aromatic carbocycles. The van der Waals surface area contributed by atoms with Crippen LogP contribution in [0.15, 0.2) is 60.7 Å². The maximum Gasteiger partial charge on any atom is 0.279 e. The number of amides is 1. The van der Waals surface area contributed by atoms with Gasteiger partial charge in [-0.1, -0.05) is 44.2 Å². The quantitative estimate of drug-likeness (QED) is 0.403. The first-order chi connectivity index (χ1) is 16.4. The lowest BCUT2D eigenvalue weighted by molar-refractivity contribution is -0.385. The van der Waals surface area contributed by atoms with Gasteiger partial charge in [-0.3, -0.25) is 14.9 Å². The van der Waals surface area contributed by atoms with Gasteiger partial charge in [0.25, 0.3) is 11.6 Å². The Morgan fingerprint density at radius 1 is 1.06 bits per heavy atom. The largest absolute Gasteiger partial charge is 0.454 e. The normalized spacial score (nSPS) is 14.7. The lowest BCUT2D eigenvalue weighted by Gasteiger charge is -2.29. The number of para-hydroxylation sites is 1. The van der Waals surface area contributed by atoms with Crippen LogP contribution in [0.3, 0.4) is 0 Å². The SMILES string of the molecule is CC(C)c1ccc(NC(=O)[C@H](c2cc3c(cc2[N+](=O)[O-])OCO3)N2CCc3ccccc32)cc1. The van der Waals surface area contributed by atoms with E-state index in [4.69, 9.17) is 9.47 Å². The first-order valence-electron chi connectivity index (χ1n) is 11.3. The standard InChI is InChI=1S/C26H25N3O5/c1-16(2)17-7-9-19(10-8-17)27-26(30)25(28-12-11-18-5-3-4-6-21(18)28)20-13-23-24(34-15-33-23)14-22(20)29(31)32/h3-10,13-14,16,25H,11-12,15H2,1-2H3,(H,27,30)/t25-/m0/s1. The fourth-order valence-corrected chi connectivity index (χ4v) is 4.57. The number of ether oxygens (including phenoxy) is 2. The molecule has 5 rings (SSSR count). The molecule has 2 aliphatic heterocycles. The van der Waals surface area contributed by atoms with Gasteiger partial charge < -0.3 is 19.7 Å². The predicted octanol–water partition coefficient (Wildman–Crippen LogP) is 5.19. The lowest BCUT2D eigenvalue weighted by Crippen LogP contribution is -2.36. The number of nitrogens with zero attached hydrogens (tertiary/aromatic N) is 2. The Labute approximate surface area is 197 Å². The van der Waals surface area contributed by atoms with Crippen molar-refractivity contribution in [3.8, 4) is 11.5 Å². The Hall–Kier alpha value is -4.07. The van der Waals surface area contributed by atoms with Gasteiger partial charge in [0.05, 0.1) is 16.6 Å². The minimum Gasteiger partial charge on any atom is -0.454 e. The van der Waals surface area contributed by atoms with E-state index in [2.05, 4.69) is 19.2 Å². The maximum absolute atomic E-state index is 13.8. The molecule has 2 aliphatic rings. The van der Waals surface area contributed by atoms with Crippen LogP contribution < -0.4 is 19.7 Å². The van der Waals surface area contributed by atoms with Gasteiger partial charge >= 0.3 is 0 Å². The summed E-state index contributed by atoms with van der Waals surface area (Å²) in [7, 11) is 0. The summed E-state index contributed by atoms with van der Waals surface area (Å²) in [5, 5.41) is 15.0. The lowest BCUT2D eigenvalue weighted by atomic mass is 10.00. The highest BCUT2D eigenvalue weighted by Crippen LogP contribution is 2.44. The van der Waals surface area contributed by atoms with E-state index in [0.29, 0.717) is 29.6 Å². The van der Waals surface area contributed by atoms with E-state index >= 15 is 0 Å². The summed E-state index contributed by atoms with van der Waals surface area (Å²) in [5.41, 5.74) is 3.88. The second-order valence-electron chi connectivity index (χ2n) is 8.76. The molecule has 8 nitrogen and oxygen atoms in total. The van der Waals surface area contributed by atoms with Crippen LogP contribution in [0, 0.1) is 10.1 Å². The van der Waals surface area contributed by atoms with E-state index in [-0.39, 0.29) is 24.0 Å². The van der Waals surface area contributed by atoms with Gasteiger partial charge in [0.2, 0.25) is 6.79 Å². The zero-order valence-corrected chi connectivity index (χ0v) is 19.0. The van der Waals surface area contributed by atoms with E-state index in [0.717, 1.165) is 23.2 Å². The third kappa shape index (κ3) is 3.91. The number of benzene rings is 3. The Morgan fingerprint density at radius 2 is 1.76 bits per heavy atom. The smallest absolute Gasteiger partial charge is 0.279 e. The predicted molar refractivity (Wildman–Crippen MR) is 129 cm³/mol. The molecule has 2 heterocycles. The molecule has 1 amide bonds. The second-order valence-corrected chi connectivity index (χ2v) is 8.76. The van der Waals surface area contributed by atoms with E-state index in [1.807, 2.05) is 53.4 Å². The summed E-state index contributed by atoms with van der Waals surface area (Å²) in [6, 6.07) is 17.5. The zero-order valence-electron chi connectivity index (χ0n) is 19.0. The summed E-state index contributed by atoms with van der Waals surface area (Å²) >= 11 is 0. The summed E-state index contributed by atoms with van der Waals surface area (Å²) < 4.78 is 10.8. The van der Waals surface area contributed by atoms with Crippen LogP contribution in [0.4, 0.5) is 17.1 Å². The Kier molecular flexibility index (Phi) is 5.57. The van der Waals surface area contributed by atoms with Gasteiger partial charge in [0.1, 0.15) is 6.04 Å². The van der Waals surface area contributed by atoms with Crippen molar-refractivity contribution < 1.29 is 19.2 Å². The number of carbonyl (C=O) groups excluding carboxylic acids is 1. The van der Waals surface area contributed by atoms with Crippen LogP contribution in [0.1, 0.15) is 42.5 Å². The highest BCUT2D eigenvalue weighted by molar-refractivity contribution is 5.99. The molecule has 1 N–H and O–H groups in total. The molecule has 0 fully saturated rings. The molecule has 8 heteroatoms. The minimum absolute atomic E-state index is 0.0123. The molecular weight excluding hydrogens is 434 g/mol. The number of nitro benzene ring substituents is 1. The number of hydrogen-bond donors (Lipinski definition) is 1. The Bertz CT molecular complexity index is 1260. The molecule has 0 saturated carbocycles. The van der Waals surface area contributed by atoms with Gasteiger partial charge in [-0.15, -0.1) is 0 Å². The van der Waals surface area contributed by atoms with Crippen molar-refractivity contribution in [3.63, 3.8) is 0 Å². The average molecular weight is 460 g/mol. The number of hydrogen-bond acceptors (Lipinski definition) is 6. The number of nitrogens with one attached hydrogen (secondary N) is 1. The van der Waals surface area contributed by atoms with Crippen molar-refractivity contribution in [2.75, 3.05) is 23.6 Å². The van der Waals surface area contributed by atoms with Gasteiger partial charge in [-0.25, -0.2) is 0 Å². The summed E-state index contributed by atoms with van der Waals surface area (Å²) in [5.74, 6) is 0.721. The molecule has 0 saturated heterocycles. The molecule has 174 valence electrons. The zero-order chi connectivity index (χ0) is 23.8. The first-order valence-corrected chi connectivity index (χ1v) is 11.3. The number of rotatable bonds is 6. The number of carbonyl (C=O) groups is 1. The fraction of sp³-hybridized carbons (Fsp3) is 0.269. The first kappa shape index (κ1) is 21.8.